The van der Waals surface area contributed by atoms with Crippen LogP contribution in [0.15, 0.2) is 12.1 Å². The van der Waals surface area contributed by atoms with Gasteiger partial charge in [0.05, 0.1) is 5.69 Å². The molecule has 1 rings (SSSR count). The molecule has 0 spiro atoms. The Labute approximate surface area is 78.2 Å². The molecule has 0 saturated carbocycles. The molecule has 72 valence electrons. The van der Waals surface area contributed by atoms with E-state index >= 15 is 0 Å². The fourth-order valence-electron chi connectivity index (χ4n) is 1.19. The predicted molar refractivity (Wildman–Crippen MR) is 51.0 cm³/mol. The minimum absolute atomic E-state index is 0.191. The van der Waals surface area contributed by atoms with Gasteiger partial charge in [-0.15, -0.1) is 0 Å². The maximum absolute atomic E-state index is 13.3. The van der Waals surface area contributed by atoms with Gasteiger partial charge in [0.2, 0.25) is 5.95 Å². The Bertz CT molecular complexity index is 284. The van der Waals surface area contributed by atoms with Crippen molar-refractivity contribution in [1.29, 1.82) is 0 Å². The molecule has 1 heterocycles. The Kier molecular flexibility index (Phi) is 3.37. The van der Waals surface area contributed by atoms with Crippen LogP contribution in [0, 0.1) is 5.95 Å². The number of hydrogen-bond donors (Lipinski definition) is 1. The zero-order chi connectivity index (χ0) is 9.84. The Hall–Kier alpha value is -0.960. The van der Waals surface area contributed by atoms with Crippen molar-refractivity contribution in [1.82, 2.24) is 10.3 Å². The number of pyridine rings is 1. The van der Waals surface area contributed by atoms with E-state index in [0.717, 1.165) is 5.69 Å². The first kappa shape index (κ1) is 10.1. The van der Waals surface area contributed by atoms with Crippen LogP contribution in [0.4, 0.5) is 4.39 Å². The zero-order valence-corrected chi connectivity index (χ0v) is 8.26. The predicted octanol–water partition coefficient (Wildman–Crippen LogP) is 2.06. The van der Waals surface area contributed by atoms with Crippen LogP contribution < -0.4 is 5.32 Å². The molecule has 0 radical (unpaired) electrons. The number of halogens is 1. The van der Waals surface area contributed by atoms with Crippen LogP contribution in [-0.2, 0) is 6.54 Å². The average molecular weight is 182 g/mol. The second-order valence-electron chi connectivity index (χ2n) is 3.37. The van der Waals surface area contributed by atoms with E-state index in [1.54, 1.807) is 6.07 Å². The minimum atomic E-state index is -0.345. The van der Waals surface area contributed by atoms with Gasteiger partial charge in [-0.3, -0.25) is 0 Å². The van der Waals surface area contributed by atoms with Crippen molar-refractivity contribution in [3.05, 3.63) is 29.3 Å². The molecule has 0 saturated heterocycles. The van der Waals surface area contributed by atoms with E-state index in [4.69, 9.17) is 0 Å². The van der Waals surface area contributed by atoms with Gasteiger partial charge in [0.25, 0.3) is 0 Å². The second-order valence-corrected chi connectivity index (χ2v) is 3.37. The molecule has 2 nitrogen and oxygen atoms in total. The molecule has 0 atom stereocenters. The summed E-state index contributed by atoms with van der Waals surface area (Å²) in [5, 5.41) is 2.93. The lowest BCUT2D eigenvalue weighted by Gasteiger charge is -2.07. The van der Waals surface area contributed by atoms with Gasteiger partial charge < -0.3 is 5.32 Å². The van der Waals surface area contributed by atoms with Crippen LogP contribution in [0.5, 0.6) is 0 Å². The van der Waals surface area contributed by atoms with Crippen LogP contribution in [0.1, 0.15) is 31.0 Å². The number of hydrogen-bond acceptors (Lipinski definition) is 2. The molecule has 0 unspecified atom stereocenters. The minimum Gasteiger partial charge on any atom is -0.314 e. The van der Waals surface area contributed by atoms with Crippen molar-refractivity contribution >= 4 is 0 Å². The highest BCUT2D eigenvalue weighted by Gasteiger charge is 2.07. The first-order chi connectivity index (χ1) is 6.15. The SMILES string of the molecule is CNCc1ccc(C(C)C)c(F)n1. The topological polar surface area (TPSA) is 24.9 Å². The molecule has 13 heavy (non-hydrogen) atoms. The molecule has 1 aromatic heterocycles. The van der Waals surface area contributed by atoms with E-state index < -0.39 is 0 Å². The van der Waals surface area contributed by atoms with Gasteiger partial charge in [0, 0.05) is 12.1 Å². The molecule has 0 aliphatic rings. The molecular formula is C10H15FN2. The smallest absolute Gasteiger partial charge is 0.216 e. The van der Waals surface area contributed by atoms with Crippen molar-refractivity contribution in [2.75, 3.05) is 7.05 Å². The van der Waals surface area contributed by atoms with Gasteiger partial charge in [-0.1, -0.05) is 19.9 Å². The molecule has 0 fully saturated rings. The highest BCUT2D eigenvalue weighted by Crippen LogP contribution is 2.16. The third-order valence-electron chi connectivity index (χ3n) is 1.92. The van der Waals surface area contributed by atoms with E-state index in [1.165, 1.54) is 0 Å². The molecule has 0 aliphatic heterocycles. The molecule has 1 N–H and O–H groups in total. The van der Waals surface area contributed by atoms with E-state index in [2.05, 4.69) is 10.3 Å². The third-order valence-corrected chi connectivity index (χ3v) is 1.92. The highest BCUT2D eigenvalue weighted by atomic mass is 19.1. The summed E-state index contributed by atoms with van der Waals surface area (Å²) in [5.41, 5.74) is 1.42. The molecule has 3 heteroatoms. The van der Waals surface area contributed by atoms with Gasteiger partial charge in [-0.05, 0) is 19.0 Å². The Balaban J connectivity index is 2.92. The summed E-state index contributed by atoms with van der Waals surface area (Å²) in [7, 11) is 1.82. The lowest BCUT2D eigenvalue weighted by Crippen LogP contribution is -2.08. The lowest BCUT2D eigenvalue weighted by atomic mass is 10.1. The van der Waals surface area contributed by atoms with Gasteiger partial charge in [-0.2, -0.15) is 4.39 Å². The fraction of sp³-hybridized carbons (Fsp3) is 0.500. The van der Waals surface area contributed by atoms with Crippen molar-refractivity contribution in [2.24, 2.45) is 0 Å². The summed E-state index contributed by atoms with van der Waals surface area (Å²) in [5.74, 6) is -0.154. The number of rotatable bonds is 3. The van der Waals surface area contributed by atoms with Gasteiger partial charge >= 0.3 is 0 Å². The maximum Gasteiger partial charge on any atom is 0.216 e. The molecular weight excluding hydrogens is 167 g/mol. The number of aromatic nitrogens is 1. The van der Waals surface area contributed by atoms with Gasteiger partial charge in [0.15, 0.2) is 0 Å². The van der Waals surface area contributed by atoms with Crippen LogP contribution in [0.25, 0.3) is 0 Å². The molecule has 1 aromatic rings. The van der Waals surface area contributed by atoms with Gasteiger partial charge in [0.1, 0.15) is 0 Å². The van der Waals surface area contributed by atoms with Crippen LogP contribution in [0.3, 0.4) is 0 Å². The number of nitrogens with zero attached hydrogens (tertiary/aromatic N) is 1. The zero-order valence-electron chi connectivity index (χ0n) is 8.26. The van der Waals surface area contributed by atoms with E-state index in [9.17, 15) is 4.39 Å². The van der Waals surface area contributed by atoms with E-state index in [-0.39, 0.29) is 11.9 Å². The normalized spacial score (nSPS) is 10.8. The third kappa shape index (κ3) is 2.49. The van der Waals surface area contributed by atoms with Crippen molar-refractivity contribution in [3.8, 4) is 0 Å². The van der Waals surface area contributed by atoms with Crippen LogP contribution >= 0.6 is 0 Å². The molecule has 0 aliphatic carbocycles. The Morgan fingerprint density at radius 2 is 2.15 bits per heavy atom. The van der Waals surface area contributed by atoms with Gasteiger partial charge in [-0.25, -0.2) is 4.98 Å². The summed E-state index contributed by atoms with van der Waals surface area (Å²) < 4.78 is 13.3. The largest absolute Gasteiger partial charge is 0.314 e. The summed E-state index contributed by atoms with van der Waals surface area (Å²) >= 11 is 0. The Morgan fingerprint density at radius 1 is 1.46 bits per heavy atom. The van der Waals surface area contributed by atoms with Crippen molar-refractivity contribution in [2.45, 2.75) is 26.3 Å². The van der Waals surface area contributed by atoms with E-state index in [0.29, 0.717) is 12.1 Å². The van der Waals surface area contributed by atoms with E-state index in [1.807, 2.05) is 27.0 Å². The maximum atomic E-state index is 13.3. The first-order valence-electron chi connectivity index (χ1n) is 4.45. The second kappa shape index (κ2) is 4.33. The van der Waals surface area contributed by atoms with Crippen molar-refractivity contribution in [3.63, 3.8) is 0 Å². The average Bonchev–Trinajstić information content (AvgIpc) is 2.04. The summed E-state index contributed by atoms with van der Waals surface area (Å²) in [4.78, 5) is 3.85. The standard InChI is InChI=1S/C10H15FN2/c1-7(2)9-5-4-8(6-12-3)13-10(9)11/h4-5,7,12H,6H2,1-3H3. The van der Waals surface area contributed by atoms with Crippen LogP contribution in [-0.4, -0.2) is 12.0 Å². The molecule has 0 amide bonds. The summed E-state index contributed by atoms with van der Waals surface area (Å²) in [6.07, 6.45) is 0. The Morgan fingerprint density at radius 3 is 2.62 bits per heavy atom. The lowest BCUT2D eigenvalue weighted by molar-refractivity contribution is 0.547. The molecule has 0 bridgehead atoms. The quantitative estimate of drug-likeness (QED) is 0.724. The summed E-state index contributed by atoms with van der Waals surface area (Å²) in [6.45, 7) is 4.52. The number of nitrogens with one attached hydrogen (secondary N) is 1. The molecule has 0 aromatic carbocycles. The summed E-state index contributed by atoms with van der Waals surface area (Å²) in [6, 6.07) is 3.66. The first-order valence-corrected chi connectivity index (χ1v) is 4.45. The monoisotopic (exact) mass is 182 g/mol. The van der Waals surface area contributed by atoms with Crippen LogP contribution in [0.2, 0.25) is 0 Å². The highest BCUT2D eigenvalue weighted by molar-refractivity contribution is 5.18. The fourth-order valence-corrected chi connectivity index (χ4v) is 1.19. The van der Waals surface area contributed by atoms with Crippen molar-refractivity contribution < 1.29 is 4.39 Å².